The second-order valence-corrected chi connectivity index (χ2v) is 2.67. The van der Waals surface area contributed by atoms with Gasteiger partial charge in [-0.3, -0.25) is 4.79 Å². The van der Waals surface area contributed by atoms with Gasteiger partial charge >= 0.3 is 0 Å². The van der Waals surface area contributed by atoms with Crippen LogP contribution in [0.15, 0.2) is 35.5 Å². The van der Waals surface area contributed by atoms with Crippen molar-refractivity contribution < 1.29 is 9.63 Å². The van der Waals surface area contributed by atoms with Crippen LogP contribution in [0.3, 0.4) is 0 Å². The van der Waals surface area contributed by atoms with E-state index in [2.05, 4.69) is 5.16 Å². The number of rotatable bonds is 4. The molecule has 13 heavy (non-hydrogen) atoms. The highest BCUT2D eigenvalue weighted by Crippen LogP contribution is 1.99. The van der Waals surface area contributed by atoms with Gasteiger partial charge in [0.15, 0.2) is 0 Å². The second-order valence-electron chi connectivity index (χ2n) is 2.30. The normalized spacial score (nSPS) is 10.2. The largest absolute Gasteiger partial charge is 0.391 e. The third-order valence-electron chi connectivity index (χ3n) is 1.30. The van der Waals surface area contributed by atoms with Crippen molar-refractivity contribution in [1.82, 2.24) is 0 Å². The Balaban J connectivity index is 2.32. The van der Waals surface area contributed by atoms with Gasteiger partial charge in [0.2, 0.25) is 0 Å². The van der Waals surface area contributed by atoms with E-state index in [4.69, 9.17) is 16.4 Å². The number of oxime groups is 1. The van der Waals surface area contributed by atoms with Crippen molar-refractivity contribution in [3.8, 4) is 0 Å². The zero-order valence-corrected chi connectivity index (χ0v) is 7.57. The molecule has 0 aliphatic carbocycles. The molecule has 0 heterocycles. The molecule has 0 saturated heterocycles. The number of hydrogen-bond donors (Lipinski definition) is 0. The quantitative estimate of drug-likeness (QED) is 0.421. The third kappa shape index (κ3) is 4.28. The van der Waals surface area contributed by atoms with Gasteiger partial charge in [-0.05, 0) is 17.2 Å². The van der Waals surface area contributed by atoms with Gasteiger partial charge in [0.05, 0.1) is 0 Å². The average Bonchev–Trinajstić information content (AvgIpc) is 2.14. The van der Waals surface area contributed by atoms with Crippen molar-refractivity contribution in [2.45, 2.75) is 6.61 Å². The van der Waals surface area contributed by atoms with Crippen LogP contribution in [-0.4, -0.2) is 11.5 Å². The molecule has 0 unspecified atom stereocenters. The number of halogens is 1. The first-order chi connectivity index (χ1) is 6.29. The third-order valence-corrected chi connectivity index (χ3v) is 1.40. The molecule has 0 aromatic heterocycles. The van der Waals surface area contributed by atoms with Crippen molar-refractivity contribution >= 4 is 23.1 Å². The standard InChI is InChI=1S/C9H8ClNO2/c10-9(12)6-11-13-7-8-4-2-1-3-5-8/h1-6H,7H2/b11-6+. The molecule has 0 saturated carbocycles. The molecule has 4 heteroatoms. The first-order valence-electron chi connectivity index (χ1n) is 3.68. The van der Waals surface area contributed by atoms with E-state index in [1.165, 1.54) is 0 Å². The monoisotopic (exact) mass is 197 g/mol. The number of benzene rings is 1. The molecule has 0 atom stereocenters. The molecular formula is C9H8ClNO2. The minimum Gasteiger partial charge on any atom is -0.391 e. The first-order valence-corrected chi connectivity index (χ1v) is 4.05. The highest BCUT2D eigenvalue weighted by atomic mass is 35.5. The molecule has 0 spiro atoms. The first kappa shape index (κ1) is 9.74. The molecular weight excluding hydrogens is 190 g/mol. The summed E-state index contributed by atoms with van der Waals surface area (Å²) in [5, 5.41) is 2.71. The van der Waals surface area contributed by atoms with E-state index in [0.29, 0.717) is 6.61 Å². The van der Waals surface area contributed by atoms with E-state index in [1.807, 2.05) is 30.3 Å². The van der Waals surface area contributed by atoms with Gasteiger partial charge in [0.25, 0.3) is 5.24 Å². The van der Waals surface area contributed by atoms with Crippen LogP contribution in [0, 0.1) is 0 Å². The molecule has 0 aliphatic rings. The molecule has 0 fully saturated rings. The fraction of sp³-hybridized carbons (Fsp3) is 0.111. The molecule has 1 rings (SSSR count). The van der Waals surface area contributed by atoms with Crippen LogP contribution < -0.4 is 0 Å². The fourth-order valence-electron chi connectivity index (χ4n) is 0.765. The van der Waals surface area contributed by atoms with E-state index in [9.17, 15) is 4.79 Å². The van der Waals surface area contributed by atoms with Crippen LogP contribution in [0.4, 0.5) is 0 Å². The van der Waals surface area contributed by atoms with E-state index in [1.54, 1.807) is 0 Å². The van der Waals surface area contributed by atoms with E-state index >= 15 is 0 Å². The van der Waals surface area contributed by atoms with Crippen LogP contribution >= 0.6 is 11.6 Å². The van der Waals surface area contributed by atoms with E-state index in [-0.39, 0.29) is 0 Å². The molecule has 0 aliphatic heterocycles. The number of carbonyl (C=O) groups excluding carboxylic acids is 1. The summed E-state index contributed by atoms with van der Waals surface area (Å²) in [6.45, 7) is 0.335. The maximum atomic E-state index is 10.2. The summed E-state index contributed by atoms with van der Waals surface area (Å²) in [6.07, 6.45) is 0.921. The van der Waals surface area contributed by atoms with Crippen LogP contribution in [0.2, 0.25) is 0 Å². The Kier molecular flexibility index (Phi) is 3.99. The Morgan fingerprint density at radius 2 is 2.15 bits per heavy atom. The van der Waals surface area contributed by atoms with Gasteiger partial charge in [-0.25, -0.2) is 0 Å². The lowest BCUT2D eigenvalue weighted by Crippen LogP contribution is -1.90. The van der Waals surface area contributed by atoms with E-state index < -0.39 is 5.24 Å². The molecule has 0 amide bonds. The number of hydrogen-bond acceptors (Lipinski definition) is 3. The van der Waals surface area contributed by atoms with Crippen LogP contribution in [-0.2, 0) is 16.2 Å². The molecule has 1 aromatic rings. The summed E-state index contributed by atoms with van der Waals surface area (Å²) in [6, 6.07) is 9.51. The predicted molar refractivity (Wildman–Crippen MR) is 50.6 cm³/mol. The van der Waals surface area contributed by atoms with Crippen LogP contribution in [0.5, 0.6) is 0 Å². The van der Waals surface area contributed by atoms with Crippen LogP contribution in [0.25, 0.3) is 0 Å². The van der Waals surface area contributed by atoms with Crippen molar-refractivity contribution in [2.75, 3.05) is 0 Å². The summed E-state index contributed by atoms with van der Waals surface area (Å²) >= 11 is 4.99. The highest BCUT2D eigenvalue weighted by molar-refractivity contribution is 6.77. The zero-order chi connectivity index (χ0) is 9.52. The maximum absolute atomic E-state index is 10.2. The van der Waals surface area contributed by atoms with E-state index in [0.717, 1.165) is 11.8 Å². The predicted octanol–water partition coefficient (Wildman–Crippen LogP) is 1.95. The Bertz CT molecular complexity index is 298. The van der Waals surface area contributed by atoms with Crippen molar-refractivity contribution in [2.24, 2.45) is 5.16 Å². The molecule has 0 radical (unpaired) electrons. The van der Waals surface area contributed by atoms with Gasteiger partial charge < -0.3 is 4.84 Å². The Hall–Kier alpha value is -1.35. The van der Waals surface area contributed by atoms with Crippen molar-refractivity contribution in [1.29, 1.82) is 0 Å². The minimum atomic E-state index is -0.645. The van der Waals surface area contributed by atoms with Gasteiger partial charge in [-0.15, -0.1) is 0 Å². The smallest absolute Gasteiger partial charge is 0.266 e. The van der Waals surface area contributed by atoms with Crippen molar-refractivity contribution in [3.63, 3.8) is 0 Å². The average molecular weight is 198 g/mol. The number of nitrogens with zero attached hydrogens (tertiary/aromatic N) is 1. The Morgan fingerprint density at radius 1 is 1.46 bits per heavy atom. The lowest BCUT2D eigenvalue weighted by atomic mass is 10.2. The van der Waals surface area contributed by atoms with Gasteiger partial charge in [-0.2, -0.15) is 0 Å². The SMILES string of the molecule is O=C(Cl)/C=N/OCc1ccccc1. The maximum Gasteiger partial charge on any atom is 0.266 e. The molecule has 0 N–H and O–H groups in total. The highest BCUT2D eigenvalue weighted by Gasteiger charge is 1.90. The van der Waals surface area contributed by atoms with Gasteiger partial charge in [0.1, 0.15) is 12.8 Å². The molecule has 3 nitrogen and oxygen atoms in total. The molecule has 1 aromatic carbocycles. The van der Waals surface area contributed by atoms with Gasteiger partial charge in [-0.1, -0.05) is 35.5 Å². The Labute approximate surface area is 81.0 Å². The number of carbonyl (C=O) groups is 1. The lowest BCUT2D eigenvalue weighted by Gasteiger charge is -1.97. The zero-order valence-electron chi connectivity index (χ0n) is 6.81. The van der Waals surface area contributed by atoms with Crippen molar-refractivity contribution in [3.05, 3.63) is 35.9 Å². The summed E-state index contributed by atoms with van der Waals surface area (Å²) in [5.41, 5.74) is 0.988. The summed E-state index contributed by atoms with van der Waals surface area (Å²) in [7, 11) is 0. The summed E-state index contributed by atoms with van der Waals surface area (Å²) < 4.78 is 0. The van der Waals surface area contributed by atoms with Gasteiger partial charge in [0, 0.05) is 0 Å². The summed E-state index contributed by atoms with van der Waals surface area (Å²) in [4.78, 5) is 15.0. The molecule has 68 valence electrons. The topological polar surface area (TPSA) is 38.7 Å². The Morgan fingerprint density at radius 3 is 2.77 bits per heavy atom. The fourth-order valence-corrected chi connectivity index (χ4v) is 0.805. The lowest BCUT2D eigenvalue weighted by molar-refractivity contribution is -0.106. The second kappa shape index (κ2) is 5.32. The summed E-state index contributed by atoms with van der Waals surface area (Å²) in [5.74, 6) is 0. The van der Waals surface area contributed by atoms with Crippen LogP contribution in [0.1, 0.15) is 5.56 Å². The molecule has 0 bridgehead atoms. The minimum absolute atomic E-state index is 0.335.